The second-order valence-electron chi connectivity index (χ2n) is 3.53. The van der Waals surface area contributed by atoms with Crippen molar-refractivity contribution in [3.8, 4) is 0 Å². The van der Waals surface area contributed by atoms with Gasteiger partial charge in [0.2, 0.25) is 0 Å². The van der Waals surface area contributed by atoms with Crippen LogP contribution < -0.4 is 11.1 Å². The summed E-state index contributed by atoms with van der Waals surface area (Å²) < 4.78 is 0. The number of rotatable bonds is 3. The third-order valence-electron chi connectivity index (χ3n) is 2.16. The van der Waals surface area contributed by atoms with Gasteiger partial charge in [0, 0.05) is 6.20 Å². The van der Waals surface area contributed by atoms with Gasteiger partial charge in [0.25, 0.3) is 5.91 Å². The van der Waals surface area contributed by atoms with Crippen molar-refractivity contribution in [2.24, 2.45) is 0 Å². The van der Waals surface area contributed by atoms with Gasteiger partial charge in [-0.15, -0.1) is 0 Å². The maximum atomic E-state index is 11.7. The average molecular weight is 232 g/mol. The molecular formula is C10H12N6O. The summed E-state index contributed by atoms with van der Waals surface area (Å²) in [6.07, 6.45) is 4.65. The predicted octanol–water partition coefficient (Wildman–Crippen LogP) is 0.0203. The quantitative estimate of drug-likeness (QED) is 0.691. The Balaban J connectivity index is 1.97. The number of hydrogen-bond donors (Lipinski definition) is 3. The number of H-pyrrole nitrogens is 1. The minimum atomic E-state index is -0.317. The van der Waals surface area contributed by atoms with Crippen molar-refractivity contribution in [3.05, 3.63) is 35.7 Å². The number of nitrogen functional groups attached to an aromatic ring is 1. The molecule has 0 spiro atoms. The summed E-state index contributed by atoms with van der Waals surface area (Å²) in [5, 5.41) is 8.87. The third kappa shape index (κ3) is 2.57. The van der Waals surface area contributed by atoms with Crippen molar-refractivity contribution < 1.29 is 4.79 Å². The molecule has 0 unspecified atom stereocenters. The molecule has 2 aromatic rings. The van der Waals surface area contributed by atoms with Gasteiger partial charge >= 0.3 is 0 Å². The van der Waals surface area contributed by atoms with Gasteiger partial charge in [0.15, 0.2) is 0 Å². The standard InChI is InChI=1S/C10H12N6O/c1-6-2-13-7(3-12-6)4-14-10(17)9-8(11)5-15-16-9/h2-3,5H,4,11H2,1H3,(H,14,17)(H,15,16). The van der Waals surface area contributed by atoms with E-state index in [0.717, 1.165) is 5.69 Å². The maximum Gasteiger partial charge on any atom is 0.271 e. The minimum absolute atomic E-state index is 0.255. The molecule has 7 heteroatoms. The van der Waals surface area contributed by atoms with Gasteiger partial charge in [-0.05, 0) is 6.92 Å². The van der Waals surface area contributed by atoms with Crippen molar-refractivity contribution in [3.63, 3.8) is 0 Å². The van der Waals surface area contributed by atoms with Crippen LogP contribution in [0.1, 0.15) is 21.9 Å². The molecule has 2 rings (SSSR count). The van der Waals surface area contributed by atoms with Gasteiger partial charge in [-0.2, -0.15) is 5.10 Å². The van der Waals surface area contributed by atoms with Gasteiger partial charge in [-0.1, -0.05) is 0 Å². The molecule has 0 aromatic carbocycles. The van der Waals surface area contributed by atoms with Gasteiger partial charge in [0.05, 0.1) is 36.0 Å². The Morgan fingerprint density at radius 2 is 2.24 bits per heavy atom. The Morgan fingerprint density at radius 3 is 2.82 bits per heavy atom. The van der Waals surface area contributed by atoms with E-state index >= 15 is 0 Å². The first-order valence-electron chi connectivity index (χ1n) is 5.01. The second-order valence-corrected chi connectivity index (χ2v) is 3.53. The summed E-state index contributed by atoms with van der Waals surface area (Å²) in [5.74, 6) is -0.317. The molecule has 0 aliphatic carbocycles. The van der Waals surface area contributed by atoms with E-state index in [0.29, 0.717) is 17.9 Å². The molecule has 88 valence electrons. The molecule has 2 aromatic heterocycles. The highest BCUT2D eigenvalue weighted by atomic mass is 16.1. The van der Waals surface area contributed by atoms with Gasteiger partial charge in [0.1, 0.15) is 5.69 Å². The number of nitrogens with two attached hydrogens (primary N) is 1. The van der Waals surface area contributed by atoms with Crippen LogP contribution in [-0.2, 0) is 6.54 Å². The highest BCUT2D eigenvalue weighted by molar-refractivity contribution is 5.96. The Hall–Kier alpha value is -2.44. The summed E-state index contributed by atoms with van der Waals surface area (Å²) in [4.78, 5) is 19.9. The van der Waals surface area contributed by atoms with Crippen LogP contribution in [0, 0.1) is 6.92 Å². The fourth-order valence-electron chi connectivity index (χ4n) is 1.25. The summed E-state index contributed by atoms with van der Waals surface area (Å²) >= 11 is 0. The Labute approximate surface area is 97.5 Å². The Morgan fingerprint density at radius 1 is 1.41 bits per heavy atom. The molecule has 0 aliphatic heterocycles. The van der Waals surface area contributed by atoms with Crippen LogP contribution in [0.25, 0.3) is 0 Å². The predicted molar refractivity (Wildman–Crippen MR) is 60.9 cm³/mol. The lowest BCUT2D eigenvalue weighted by Crippen LogP contribution is -2.24. The molecule has 0 atom stereocenters. The molecule has 17 heavy (non-hydrogen) atoms. The minimum Gasteiger partial charge on any atom is -0.396 e. The highest BCUT2D eigenvalue weighted by Crippen LogP contribution is 2.05. The molecule has 0 aliphatic rings. The zero-order valence-corrected chi connectivity index (χ0v) is 9.27. The zero-order chi connectivity index (χ0) is 12.3. The van der Waals surface area contributed by atoms with E-state index in [-0.39, 0.29) is 11.6 Å². The molecule has 0 radical (unpaired) electrons. The Kier molecular flexibility index (Phi) is 2.99. The van der Waals surface area contributed by atoms with E-state index in [1.807, 2.05) is 6.92 Å². The summed E-state index contributed by atoms with van der Waals surface area (Å²) in [6.45, 7) is 2.14. The third-order valence-corrected chi connectivity index (χ3v) is 2.16. The van der Waals surface area contributed by atoms with E-state index in [9.17, 15) is 4.79 Å². The van der Waals surface area contributed by atoms with Crippen molar-refractivity contribution >= 4 is 11.6 Å². The number of carbonyl (C=O) groups excluding carboxylic acids is 1. The van der Waals surface area contributed by atoms with Crippen LogP contribution in [0.5, 0.6) is 0 Å². The number of amides is 1. The van der Waals surface area contributed by atoms with E-state index in [1.165, 1.54) is 6.20 Å². The lowest BCUT2D eigenvalue weighted by Gasteiger charge is -2.03. The van der Waals surface area contributed by atoms with Crippen molar-refractivity contribution in [1.29, 1.82) is 0 Å². The molecule has 0 saturated carbocycles. The number of aryl methyl sites for hydroxylation is 1. The molecule has 0 fully saturated rings. The summed E-state index contributed by atoms with van der Waals surface area (Å²) in [6, 6.07) is 0. The maximum absolute atomic E-state index is 11.7. The normalized spacial score (nSPS) is 10.2. The number of aromatic nitrogens is 4. The lowest BCUT2D eigenvalue weighted by atomic mass is 10.3. The van der Waals surface area contributed by atoms with Gasteiger partial charge in [-0.3, -0.25) is 19.9 Å². The van der Waals surface area contributed by atoms with E-state index in [4.69, 9.17) is 5.73 Å². The van der Waals surface area contributed by atoms with E-state index < -0.39 is 0 Å². The van der Waals surface area contributed by atoms with Crippen LogP contribution in [0.2, 0.25) is 0 Å². The zero-order valence-electron chi connectivity index (χ0n) is 9.27. The van der Waals surface area contributed by atoms with Crippen LogP contribution in [0.3, 0.4) is 0 Å². The number of carbonyl (C=O) groups is 1. The Bertz CT molecular complexity index is 518. The van der Waals surface area contributed by atoms with E-state index in [1.54, 1.807) is 12.4 Å². The SMILES string of the molecule is Cc1cnc(CNC(=O)c2[nH]ncc2N)cn1. The number of hydrogen-bond acceptors (Lipinski definition) is 5. The summed E-state index contributed by atoms with van der Waals surface area (Å²) in [7, 11) is 0. The second kappa shape index (κ2) is 4.60. The topological polar surface area (TPSA) is 110 Å². The molecule has 0 bridgehead atoms. The van der Waals surface area contributed by atoms with E-state index in [2.05, 4.69) is 25.5 Å². The number of anilines is 1. The van der Waals surface area contributed by atoms with Crippen molar-refractivity contribution in [2.75, 3.05) is 5.73 Å². The fraction of sp³-hybridized carbons (Fsp3) is 0.200. The monoisotopic (exact) mass is 232 g/mol. The highest BCUT2D eigenvalue weighted by Gasteiger charge is 2.11. The summed E-state index contributed by atoms with van der Waals surface area (Å²) in [5.41, 5.74) is 7.63. The lowest BCUT2D eigenvalue weighted by molar-refractivity contribution is 0.0946. The first-order chi connectivity index (χ1) is 8.16. The smallest absolute Gasteiger partial charge is 0.271 e. The molecule has 7 nitrogen and oxygen atoms in total. The van der Waals surface area contributed by atoms with Gasteiger partial charge < -0.3 is 11.1 Å². The first kappa shape index (κ1) is 11.1. The van der Waals surface area contributed by atoms with Gasteiger partial charge in [-0.25, -0.2) is 0 Å². The molecule has 0 saturated heterocycles. The largest absolute Gasteiger partial charge is 0.396 e. The van der Waals surface area contributed by atoms with Crippen molar-refractivity contribution in [1.82, 2.24) is 25.5 Å². The molecule has 1 amide bonds. The molecule has 4 N–H and O–H groups in total. The number of nitrogens with zero attached hydrogens (tertiary/aromatic N) is 3. The molecular weight excluding hydrogens is 220 g/mol. The van der Waals surface area contributed by atoms with Crippen LogP contribution in [-0.4, -0.2) is 26.1 Å². The fourth-order valence-corrected chi connectivity index (χ4v) is 1.25. The van der Waals surface area contributed by atoms with Crippen LogP contribution in [0.4, 0.5) is 5.69 Å². The number of aromatic amines is 1. The first-order valence-corrected chi connectivity index (χ1v) is 5.01. The van der Waals surface area contributed by atoms with Crippen molar-refractivity contribution in [2.45, 2.75) is 13.5 Å². The number of nitrogens with one attached hydrogen (secondary N) is 2. The van der Waals surface area contributed by atoms with Crippen LogP contribution in [0.15, 0.2) is 18.6 Å². The average Bonchev–Trinajstić information content (AvgIpc) is 2.74. The van der Waals surface area contributed by atoms with Crippen LogP contribution >= 0.6 is 0 Å². The molecule has 2 heterocycles.